The fourth-order valence-electron chi connectivity index (χ4n) is 3.01. The first kappa shape index (κ1) is 17.7. The molecular formula is C21H20N6O. The van der Waals surface area contributed by atoms with Crippen LogP contribution in [0.3, 0.4) is 0 Å². The van der Waals surface area contributed by atoms with E-state index in [1.807, 2.05) is 73.1 Å². The average molecular weight is 372 g/mol. The van der Waals surface area contributed by atoms with Gasteiger partial charge in [-0.3, -0.25) is 4.79 Å². The molecule has 1 N–H and O–H groups in total. The molecule has 0 aliphatic rings. The third-order valence-corrected chi connectivity index (χ3v) is 4.63. The monoisotopic (exact) mass is 372 g/mol. The highest BCUT2D eigenvalue weighted by molar-refractivity contribution is 5.94. The van der Waals surface area contributed by atoms with Crippen molar-refractivity contribution >= 4 is 5.91 Å². The topological polar surface area (TPSA) is 77.6 Å². The molecule has 1 amide bonds. The molecule has 0 bridgehead atoms. The molecule has 2 aromatic carbocycles. The average Bonchev–Trinajstić information content (AvgIpc) is 3.40. The highest BCUT2D eigenvalue weighted by Gasteiger charge is 2.12. The van der Waals surface area contributed by atoms with Gasteiger partial charge in [-0.1, -0.05) is 12.1 Å². The van der Waals surface area contributed by atoms with Gasteiger partial charge in [0.1, 0.15) is 12.7 Å². The molecule has 4 rings (SSSR count). The van der Waals surface area contributed by atoms with Crippen molar-refractivity contribution in [2.45, 2.75) is 19.9 Å². The Labute approximate surface area is 162 Å². The maximum absolute atomic E-state index is 12.6. The van der Waals surface area contributed by atoms with E-state index in [2.05, 4.69) is 20.5 Å². The van der Waals surface area contributed by atoms with Gasteiger partial charge in [0.15, 0.2) is 0 Å². The van der Waals surface area contributed by atoms with E-state index >= 15 is 0 Å². The summed E-state index contributed by atoms with van der Waals surface area (Å²) < 4.78 is 3.52. The number of carbonyl (C=O) groups is 1. The summed E-state index contributed by atoms with van der Waals surface area (Å²) in [6.07, 6.45) is 4.90. The van der Waals surface area contributed by atoms with Gasteiger partial charge in [0, 0.05) is 17.5 Å². The van der Waals surface area contributed by atoms with Crippen molar-refractivity contribution in [1.82, 2.24) is 29.9 Å². The summed E-state index contributed by atoms with van der Waals surface area (Å²) in [5.74, 6) is -0.114. The van der Waals surface area contributed by atoms with Crippen molar-refractivity contribution in [1.29, 1.82) is 0 Å². The third kappa shape index (κ3) is 3.55. The Balaban J connectivity index is 1.43. The standard InChI is InChI=1S/C21H20N6O/c1-15-11-12-23-27(15)20-9-5-18(6-10-20)21(28)25-16(2)17-3-7-19(8-4-17)26-14-22-13-24-26/h3-14,16H,1-2H3,(H,25,28)/t16-/m0/s1. The zero-order valence-corrected chi connectivity index (χ0v) is 15.6. The molecule has 0 spiro atoms. The summed E-state index contributed by atoms with van der Waals surface area (Å²) in [5.41, 5.74) is 4.51. The van der Waals surface area contributed by atoms with Crippen LogP contribution in [0.25, 0.3) is 11.4 Å². The molecule has 0 fully saturated rings. The van der Waals surface area contributed by atoms with Gasteiger partial charge in [0.05, 0.1) is 17.4 Å². The van der Waals surface area contributed by atoms with Gasteiger partial charge in [-0.2, -0.15) is 10.2 Å². The summed E-state index contributed by atoms with van der Waals surface area (Å²) in [4.78, 5) is 16.5. The molecular weight excluding hydrogens is 352 g/mol. The molecule has 140 valence electrons. The molecule has 2 aromatic heterocycles. The first-order chi connectivity index (χ1) is 13.6. The maximum Gasteiger partial charge on any atom is 0.251 e. The Morgan fingerprint density at radius 1 is 0.964 bits per heavy atom. The molecule has 7 heteroatoms. The second kappa shape index (κ2) is 7.48. The molecule has 0 radical (unpaired) electrons. The van der Waals surface area contributed by atoms with Crippen LogP contribution >= 0.6 is 0 Å². The minimum atomic E-state index is -0.120. The summed E-state index contributed by atoms with van der Waals surface area (Å²) in [6, 6.07) is 17.1. The van der Waals surface area contributed by atoms with Gasteiger partial charge in [-0.05, 0) is 61.9 Å². The normalized spacial score (nSPS) is 11.9. The van der Waals surface area contributed by atoms with Gasteiger partial charge < -0.3 is 5.32 Å². The van der Waals surface area contributed by atoms with Crippen molar-refractivity contribution < 1.29 is 4.79 Å². The predicted octanol–water partition coefficient (Wildman–Crippen LogP) is 3.25. The Morgan fingerprint density at radius 3 is 2.29 bits per heavy atom. The molecule has 0 saturated heterocycles. The SMILES string of the molecule is Cc1ccnn1-c1ccc(C(=O)N[C@@H](C)c2ccc(-n3cncn3)cc2)cc1. The van der Waals surface area contributed by atoms with Gasteiger partial charge in [0.25, 0.3) is 5.91 Å². The lowest BCUT2D eigenvalue weighted by Gasteiger charge is -2.15. The first-order valence-corrected chi connectivity index (χ1v) is 8.99. The molecule has 0 aliphatic heterocycles. The van der Waals surface area contributed by atoms with Crippen LogP contribution in [0.5, 0.6) is 0 Å². The Bertz CT molecular complexity index is 1070. The maximum atomic E-state index is 12.6. The molecule has 0 aliphatic carbocycles. The molecule has 0 unspecified atom stereocenters. The Kier molecular flexibility index (Phi) is 4.72. The van der Waals surface area contributed by atoms with E-state index in [-0.39, 0.29) is 11.9 Å². The molecule has 2 heterocycles. The van der Waals surface area contributed by atoms with Crippen molar-refractivity contribution in [2.24, 2.45) is 0 Å². The zero-order chi connectivity index (χ0) is 19.5. The van der Waals surface area contributed by atoms with Gasteiger partial charge in [-0.15, -0.1) is 0 Å². The Morgan fingerprint density at radius 2 is 1.68 bits per heavy atom. The van der Waals surface area contributed by atoms with Crippen LogP contribution in [0.2, 0.25) is 0 Å². The Hall–Kier alpha value is -3.74. The van der Waals surface area contributed by atoms with E-state index in [0.717, 1.165) is 22.6 Å². The highest BCUT2D eigenvalue weighted by atomic mass is 16.1. The number of hydrogen-bond donors (Lipinski definition) is 1. The summed E-state index contributed by atoms with van der Waals surface area (Å²) in [5, 5.41) is 11.4. The van der Waals surface area contributed by atoms with E-state index in [0.29, 0.717) is 5.56 Å². The number of nitrogens with zero attached hydrogens (tertiary/aromatic N) is 5. The fourth-order valence-corrected chi connectivity index (χ4v) is 3.01. The number of aromatic nitrogens is 5. The quantitative estimate of drug-likeness (QED) is 0.583. The summed E-state index contributed by atoms with van der Waals surface area (Å²) in [7, 11) is 0. The molecule has 4 aromatic rings. The predicted molar refractivity (Wildman–Crippen MR) is 106 cm³/mol. The number of hydrogen-bond acceptors (Lipinski definition) is 4. The van der Waals surface area contributed by atoms with Gasteiger partial charge in [0.2, 0.25) is 0 Å². The number of nitrogens with one attached hydrogen (secondary N) is 1. The molecule has 0 saturated carbocycles. The molecule has 28 heavy (non-hydrogen) atoms. The second-order valence-electron chi connectivity index (χ2n) is 6.56. The van der Waals surface area contributed by atoms with E-state index in [1.54, 1.807) is 17.2 Å². The van der Waals surface area contributed by atoms with Crippen molar-refractivity contribution in [2.75, 3.05) is 0 Å². The highest BCUT2D eigenvalue weighted by Crippen LogP contribution is 2.17. The van der Waals surface area contributed by atoms with Crippen LogP contribution in [-0.2, 0) is 0 Å². The lowest BCUT2D eigenvalue weighted by atomic mass is 10.1. The molecule has 1 atom stereocenters. The first-order valence-electron chi connectivity index (χ1n) is 8.99. The molecule has 7 nitrogen and oxygen atoms in total. The number of aryl methyl sites for hydroxylation is 1. The van der Waals surface area contributed by atoms with Crippen LogP contribution in [0.15, 0.2) is 73.4 Å². The van der Waals surface area contributed by atoms with Gasteiger partial charge in [-0.25, -0.2) is 14.3 Å². The van der Waals surface area contributed by atoms with Gasteiger partial charge >= 0.3 is 0 Å². The number of benzene rings is 2. The lowest BCUT2D eigenvalue weighted by molar-refractivity contribution is 0.0940. The minimum Gasteiger partial charge on any atom is -0.346 e. The largest absolute Gasteiger partial charge is 0.346 e. The lowest BCUT2D eigenvalue weighted by Crippen LogP contribution is -2.26. The number of rotatable bonds is 5. The van der Waals surface area contributed by atoms with Crippen molar-refractivity contribution in [3.63, 3.8) is 0 Å². The number of amides is 1. The second-order valence-corrected chi connectivity index (χ2v) is 6.56. The summed E-state index contributed by atoms with van der Waals surface area (Å²) >= 11 is 0. The van der Waals surface area contributed by atoms with E-state index in [4.69, 9.17) is 0 Å². The van der Waals surface area contributed by atoms with Crippen LogP contribution in [0, 0.1) is 6.92 Å². The van der Waals surface area contributed by atoms with Crippen LogP contribution in [0.4, 0.5) is 0 Å². The van der Waals surface area contributed by atoms with E-state index in [1.165, 1.54) is 6.33 Å². The van der Waals surface area contributed by atoms with Crippen LogP contribution in [-0.4, -0.2) is 30.5 Å². The fraction of sp³-hybridized carbons (Fsp3) is 0.143. The zero-order valence-electron chi connectivity index (χ0n) is 15.6. The van der Waals surface area contributed by atoms with Crippen molar-refractivity contribution in [3.05, 3.63) is 90.3 Å². The smallest absolute Gasteiger partial charge is 0.251 e. The third-order valence-electron chi connectivity index (χ3n) is 4.63. The minimum absolute atomic E-state index is 0.114. The van der Waals surface area contributed by atoms with Crippen LogP contribution < -0.4 is 5.32 Å². The number of carbonyl (C=O) groups excluding carboxylic acids is 1. The van der Waals surface area contributed by atoms with Crippen LogP contribution in [0.1, 0.15) is 34.6 Å². The van der Waals surface area contributed by atoms with E-state index in [9.17, 15) is 4.79 Å². The van der Waals surface area contributed by atoms with Crippen molar-refractivity contribution in [3.8, 4) is 11.4 Å². The van der Waals surface area contributed by atoms with E-state index < -0.39 is 0 Å². The summed E-state index contributed by atoms with van der Waals surface area (Å²) in [6.45, 7) is 3.95.